The summed E-state index contributed by atoms with van der Waals surface area (Å²) in [5, 5.41) is 12.1. The van der Waals surface area contributed by atoms with E-state index in [1.165, 1.54) is 6.42 Å². The molecule has 4 bridgehead atoms. The van der Waals surface area contributed by atoms with Crippen LogP contribution in [-0.2, 0) is 9.59 Å². The number of carboxylic acid groups (broad SMARTS) is 1. The van der Waals surface area contributed by atoms with Crippen molar-refractivity contribution < 1.29 is 14.7 Å². The van der Waals surface area contributed by atoms with Crippen LogP contribution in [0.15, 0.2) is 12.7 Å². The molecule has 4 saturated carbocycles. The van der Waals surface area contributed by atoms with Crippen molar-refractivity contribution in [3.8, 4) is 0 Å². The summed E-state index contributed by atoms with van der Waals surface area (Å²) in [6, 6.07) is -0.736. The average molecular weight is 263 g/mol. The molecule has 104 valence electrons. The first kappa shape index (κ1) is 12.7. The van der Waals surface area contributed by atoms with Crippen molar-refractivity contribution in [2.75, 3.05) is 0 Å². The number of hydrogen-bond acceptors (Lipinski definition) is 2. The van der Waals surface area contributed by atoms with Crippen molar-refractivity contribution in [2.24, 2.45) is 29.6 Å². The molecule has 19 heavy (non-hydrogen) atoms. The van der Waals surface area contributed by atoms with Gasteiger partial charge >= 0.3 is 5.97 Å². The Labute approximate surface area is 113 Å². The standard InChI is InChI=1S/C15H21NO3/c1-2-12(17)16-14(15(18)19)13-10-4-8-3-9(6-10)7-11(13)5-8/h2,8-11,13-14H,1,3-7H2,(H,16,17)(H,18,19). The van der Waals surface area contributed by atoms with Gasteiger partial charge in [-0.05, 0) is 67.8 Å². The van der Waals surface area contributed by atoms with Crippen LogP contribution < -0.4 is 5.32 Å². The smallest absolute Gasteiger partial charge is 0.326 e. The maximum absolute atomic E-state index is 11.5. The molecule has 4 heteroatoms. The van der Waals surface area contributed by atoms with Gasteiger partial charge in [-0.2, -0.15) is 0 Å². The van der Waals surface area contributed by atoms with E-state index >= 15 is 0 Å². The first-order valence-corrected chi connectivity index (χ1v) is 7.24. The maximum Gasteiger partial charge on any atom is 0.326 e. The van der Waals surface area contributed by atoms with Crippen LogP contribution in [0.5, 0.6) is 0 Å². The number of aliphatic carboxylic acids is 1. The molecule has 0 saturated heterocycles. The fraction of sp³-hybridized carbons (Fsp3) is 0.733. The lowest BCUT2D eigenvalue weighted by molar-refractivity contribution is -0.148. The first-order chi connectivity index (χ1) is 9.08. The highest BCUT2D eigenvalue weighted by atomic mass is 16.4. The van der Waals surface area contributed by atoms with Crippen molar-refractivity contribution in [3.05, 3.63) is 12.7 Å². The topological polar surface area (TPSA) is 66.4 Å². The molecule has 4 nitrogen and oxygen atoms in total. The SMILES string of the molecule is C=CC(=O)NC(C(=O)O)C1C2CC3CC(C2)CC1C3. The van der Waals surface area contributed by atoms with Gasteiger partial charge in [0.25, 0.3) is 0 Å². The molecule has 0 aromatic rings. The lowest BCUT2D eigenvalue weighted by Gasteiger charge is -2.55. The molecule has 0 heterocycles. The van der Waals surface area contributed by atoms with E-state index in [9.17, 15) is 14.7 Å². The molecule has 1 amide bonds. The molecule has 0 aromatic heterocycles. The zero-order valence-electron chi connectivity index (χ0n) is 11.0. The van der Waals surface area contributed by atoms with Crippen molar-refractivity contribution in [1.82, 2.24) is 5.32 Å². The van der Waals surface area contributed by atoms with E-state index in [1.807, 2.05) is 0 Å². The normalized spacial score (nSPS) is 40.7. The fourth-order valence-electron chi connectivity index (χ4n) is 5.05. The molecule has 0 aliphatic heterocycles. The van der Waals surface area contributed by atoms with E-state index in [2.05, 4.69) is 11.9 Å². The number of amides is 1. The zero-order chi connectivity index (χ0) is 13.6. The second-order valence-corrected chi connectivity index (χ2v) is 6.54. The molecule has 0 spiro atoms. The zero-order valence-corrected chi connectivity index (χ0v) is 11.0. The van der Waals surface area contributed by atoms with Gasteiger partial charge in [-0.15, -0.1) is 0 Å². The minimum Gasteiger partial charge on any atom is -0.480 e. The summed E-state index contributed by atoms with van der Waals surface area (Å²) < 4.78 is 0. The van der Waals surface area contributed by atoms with Crippen molar-refractivity contribution in [3.63, 3.8) is 0 Å². The van der Waals surface area contributed by atoms with Crippen LogP contribution in [0.25, 0.3) is 0 Å². The lowest BCUT2D eigenvalue weighted by atomic mass is 9.50. The molecule has 1 atom stereocenters. The Morgan fingerprint density at radius 2 is 1.63 bits per heavy atom. The number of rotatable bonds is 4. The van der Waals surface area contributed by atoms with Crippen LogP contribution in [-0.4, -0.2) is 23.0 Å². The van der Waals surface area contributed by atoms with E-state index in [4.69, 9.17) is 0 Å². The van der Waals surface area contributed by atoms with E-state index in [0.29, 0.717) is 11.8 Å². The minimum absolute atomic E-state index is 0.120. The highest BCUT2D eigenvalue weighted by Crippen LogP contribution is 2.57. The fourth-order valence-corrected chi connectivity index (χ4v) is 5.05. The Morgan fingerprint density at radius 1 is 1.11 bits per heavy atom. The number of nitrogens with one attached hydrogen (secondary N) is 1. The minimum atomic E-state index is -0.896. The Hall–Kier alpha value is -1.32. The maximum atomic E-state index is 11.5. The van der Waals surface area contributed by atoms with Crippen LogP contribution in [0, 0.1) is 29.6 Å². The van der Waals surface area contributed by atoms with Crippen molar-refractivity contribution in [2.45, 2.75) is 38.1 Å². The molecule has 4 aliphatic rings. The van der Waals surface area contributed by atoms with Crippen molar-refractivity contribution in [1.29, 1.82) is 0 Å². The van der Waals surface area contributed by atoms with Gasteiger partial charge in [0.1, 0.15) is 6.04 Å². The quantitative estimate of drug-likeness (QED) is 0.760. The number of hydrogen-bond donors (Lipinski definition) is 2. The Bertz CT molecular complexity index is 390. The summed E-state index contributed by atoms with van der Waals surface area (Å²) in [6.07, 6.45) is 7.14. The van der Waals surface area contributed by atoms with Gasteiger partial charge in [0.15, 0.2) is 0 Å². The monoisotopic (exact) mass is 263 g/mol. The largest absolute Gasteiger partial charge is 0.480 e. The third-order valence-electron chi connectivity index (χ3n) is 5.43. The van der Waals surface area contributed by atoms with Crippen molar-refractivity contribution >= 4 is 11.9 Å². The van der Waals surface area contributed by atoms with Gasteiger partial charge in [-0.25, -0.2) is 4.79 Å². The molecule has 4 fully saturated rings. The molecular weight excluding hydrogens is 242 g/mol. The molecule has 1 unspecified atom stereocenters. The first-order valence-electron chi connectivity index (χ1n) is 7.24. The summed E-state index contributed by atoms with van der Waals surface area (Å²) in [7, 11) is 0. The van der Waals surface area contributed by atoms with Gasteiger partial charge < -0.3 is 10.4 Å². The van der Waals surface area contributed by atoms with Crippen LogP contribution in [0.4, 0.5) is 0 Å². The molecule has 0 radical (unpaired) electrons. The van der Waals surface area contributed by atoms with Gasteiger partial charge in [0.2, 0.25) is 5.91 Å². The summed E-state index contributed by atoms with van der Waals surface area (Å²) in [4.78, 5) is 23.0. The van der Waals surface area contributed by atoms with E-state index in [0.717, 1.165) is 43.6 Å². The van der Waals surface area contributed by atoms with E-state index in [1.54, 1.807) is 0 Å². The highest BCUT2D eigenvalue weighted by molar-refractivity contribution is 5.90. The molecule has 4 aliphatic carbocycles. The molecule has 2 N–H and O–H groups in total. The summed E-state index contributed by atoms with van der Waals surface area (Å²) >= 11 is 0. The van der Waals surface area contributed by atoms with Gasteiger partial charge in [-0.3, -0.25) is 4.79 Å². The van der Waals surface area contributed by atoms with Crippen LogP contribution in [0.1, 0.15) is 32.1 Å². The van der Waals surface area contributed by atoms with E-state index < -0.39 is 12.0 Å². The molecular formula is C15H21NO3. The average Bonchev–Trinajstić information content (AvgIpc) is 2.35. The highest BCUT2D eigenvalue weighted by Gasteiger charge is 2.52. The number of carbonyl (C=O) groups excluding carboxylic acids is 1. The Kier molecular flexibility index (Phi) is 3.11. The third kappa shape index (κ3) is 2.17. The van der Waals surface area contributed by atoms with E-state index in [-0.39, 0.29) is 11.8 Å². The number of carboxylic acids is 1. The predicted octanol–water partition coefficient (Wildman–Crippen LogP) is 1.81. The second kappa shape index (κ2) is 4.66. The van der Waals surface area contributed by atoms with Crippen LogP contribution in [0.3, 0.4) is 0 Å². The van der Waals surface area contributed by atoms with Gasteiger partial charge in [-0.1, -0.05) is 6.58 Å². The van der Waals surface area contributed by atoms with Gasteiger partial charge in [0, 0.05) is 0 Å². The van der Waals surface area contributed by atoms with Crippen LogP contribution in [0.2, 0.25) is 0 Å². The third-order valence-corrected chi connectivity index (χ3v) is 5.43. The molecule has 4 rings (SSSR count). The Balaban J connectivity index is 1.80. The Morgan fingerprint density at radius 3 is 2.05 bits per heavy atom. The summed E-state index contributed by atoms with van der Waals surface area (Å²) in [5.74, 6) is 1.44. The summed E-state index contributed by atoms with van der Waals surface area (Å²) in [5.41, 5.74) is 0. The van der Waals surface area contributed by atoms with Gasteiger partial charge in [0.05, 0.1) is 0 Å². The number of carbonyl (C=O) groups is 2. The second-order valence-electron chi connectivity index (χ2n) is 6.54. The molecule has 0 aromatic carbocycles. The summed E-state index contributed by atoms with van der Waals surface area (Å²) in [6.45, 7) is 3.40. The lowest BCUT2D eigenvalue weighted by Crippen LogP contribution is -2.56. The predicted molar refractivity (Wildman–Crippen MR) is 70.3 cm³/mol. The van der Waals surface area contributed by atoms with Crippen LogP contribution >= 0.6 is 0 Å².